The van der Waals surface area contributed by atoms with Crippen molar-refractivity contribution in [2.75, 3.05) is 14.2 Å². The predicted octanol–water partition coefficient (Wildman–Crippen LogP) is 2.23. The van der Waals surface area contributed by atoms with Crippen LogP contribution >= 0.6 is 0 Å². The van der Waals surface area contributed by atoms with E-state index in [4.69, 9.17) is 9.47 Å². The average molecular weight is 306 g/mol. The number of ether oxygens (including phenoxy) is 2. The van der Waals surface area contributed by atoms with Gasteiger partial charge in [-0.2, -0.15) is 21.0 Å². The first-order valence-electron chi connectivity index (χ1n) is 6.87. The molecule has 0 amide bonds. The first-order chi connectivity index (χ1) is 11.1. The van der Waals surface area contributed by atoms with Gasteiger partial charge in [0.05, 0.1) is 24.3 Å². The summed E-state index contributed by atoms with van der Waals surface area (Å²) in [5, 5.41) is 39.1. The third kappa shape index (κ3) is 1.77. The van der Waals surface area contributed by atoms with Gasteiger partial charge in [0.25, 0.3) is 0 Å². The molecule has 0 N–H and O–H groups in total. The molecule has 1 aliphatic carbocycles. The minimum atomic E-state index is -2.08. The van der Waals surface area contributed by atoms with Crippen LogP contribution in [0.1, 0.15) is 17.9 Å². The monoisotopic (exact) mass is 306 g/mol. The summed E-state index contributed by atoms with van der Waals surface area (Å²) in [4.78, 5) is 0. The molecule has 1 aromatic carbocycles. The molecule has 1 saturated carbocycles. The molecule has 0 radical (unpaired) electrons. The van der Waals surface area contributed by atoms with Gasteiger partial charge < -0.3 is 9.47 Å². The minimum Gasteiger partial charge on any atom is -0.351 e. The number of hydrogen-bond donors (Lipinski definition) is 0. The van der Waals surface area contributed by atoms with Gasteiger partial charge in [0, 0.05) is 26.6 Å². The molecule has 0 heterocycles. The number of nitrogens with zero attached hydrogens (tertiary/aromatic N) is 4. The fourth-order valence-corrected chi connectivity index (χ4v) is 3.47. The lowest BCUT2D eigenvalue weighted by atomic mass is 9.62. The van der Waals surface area contributed by atoms with Gasteiger partial charge in [0.15, 0.2) is 5.41 Å². The fraction of sp³-hybridized carbons (Fsp3) is 0.412. The first kappa shape index (κ1) is 16.5. The second-order valence-corrected chi connectivity index (χ2v) is 5.33. The molecule has 0 saturated heterocycles. The molecule has 1 unspecified atom stereocenters. The Morgan fingerprint density at radius 3 is 1.83 bits per heavy atom. The van der Waals surface area contributed by atoms with E-state index in [9.17, 15) is 21.0 Å². The predicted molar refractivity (Wildman–Crippen MR) is 77.9 cm³/mol. The molecule has 1 fully saturated rings. The molecule has 6 heteroatoms. The third-order valence-corrected chi connectivity index (χ3v) is 4.71. The van der Waals surface area contributed by atoms with Crippen LogP contribution in [0.2, 0.25) is 0 Å². The van der Waals surface area contributed by atoms with Crippen LogP contribution in [0.3, 0.4) is 0 Å². The van der Waals surface area contributed by atoms with E-state index < -0.39 is 22.5 Å². The van der Waals surface area contributed by atoms with Crippen LogP contribution in [0.25, 0.3) is 0 Å². The highest BCUT2D eigenvalue weighted by Gasteiger charge is 2.77. The van der Waals surface area contributed by atoms with Crippen LogP contribution in [0, 0.1) is 56.2 Å². The quantitative estimate of drug-likeness (QED) is 0.791. The molecule has 23 heavy (non-hydrogen) atoms. The van der Waals surface area contributed by atoms with Crippen LogP contribution in [0.4, 0.5) is 0 Å². The summed E-state index contributed by atoms with van der Waals surface area (Å²) >= 11 is 0. The van der Waals surface area contributed by atoms with Crippen LogP contribution in [-0.4, -0.2) is 20.0 Å². The Kier molecular flexibility index (Phi) is 4.09. The average Bonchev–Trinajstić information content (AvgIpc) is 2.89. The van der Waals surface area contributed by atoms with E-state index in [1.54, 1.807) is 30.3 Å². The maximum absolute atomic E-state index is 9.78. The SMILES string of the molecule is COC1(OC)CC(c2ccccc2)C(C#N)(C#N)C1(C#N)C#N. The molecular formula is C17H14N4O2. The van der Waals surface area contributed by atoms with Gasteiger partial charge in [0.2, 0.25) is 11.2 Å². The van der Waals surface area contributed by atoms with E-state index in [1.807, 2.05) is 24.3 Å². The highest BCUT2D eigenvalue weighted by molar-refractivity contribution is 5.48. The second kappa shape index (κ2) is 5.71. The van der Waals surface area contributed by atoms with Crippen molar-refractivity contribution < 1.29 is 9.47 Å². The summed E-state index contributed by atoms with van der Waals surface area (Å²) in [5.74, 6) is -2.36. The fourth-order valence-electron chi connectivity index (χ4n) is 3.47. The van der Waals surface area contributed by atoms with Crippen molar-refractivity contribution in [1.29, 1.82) is 21.0 Å². The van der Waals surface area contributed by atoms with E-state index in [0.29, 0.717) is 5.56 Å². The van der Waals surface area contributed by atoms with Crippen LogP contribution in [0.15, 0.2) is 30.3 Å². The standard InChI is InChI=1S/C17H14N4O2/c1-22-17(23-2)8-14(13-6-4-3-5-7-13)15(9-18,10-19)16(17,11-20)12-21/h3-7,14H,8H2,1-2H3. The van der Waals surface area contributed by atoms with E-state index in [0.717, 1.165) is 0 Å². The summed E-state index contributed by atoms with van der Waals surface area (Å²) in [7, 11) is 2.61. The third-order valence-electron chi connectivity index (χ3n) is 4.71. The van der Waals surface area contributed by atoms with Crippen molar-refractivity contribution in [3.63, 3.8) is 0 Å². The van der Waals surface area contributed by atoms with E-state index in [1.165, 1.54) is 14.2 Å². The summed E-state index contributed by atoms with van der Waals surface area (Å²) in [6, 6.07) is 16.4. The van der Waals surface area contributed by atoms with Crippen molar-refractivity contribution in [3.8, 4) is 24.3 Å². The lowest BCUT2D eigenvalue weighted by molar-refractivity contribution is -0.240. The van der Waals surface area contributed by atoms with Gasteiger partial charge in [-0.15, -0.1) is 0 Å². The number of nitriles is 4. The highest BCUT2D eigenvalue weighted by Crippen LogP contribution is 2.65. The Morgan fingerprint density at radius 1 is 0.913 bits per heavy atom. The highest BCUT2D eigenvalue weighted by atomic mass is 16.7. The van der Waals surface area contributed by atoms with Gasteiger partial charge in [-0.25, -0.2) is 0 Å². The zero-order valence-electron chi connectivity index (χ0n) is 12.8. The number of benzene rings is 1. The molecule has 0 spiro atoms. The smallest absolute Gasteiger partial charge is 0.228 e. The molecule has 1 atom stereocenters. The van der Waals surface area contributed by atoms with Crippen LogP contribution < -0.4 is 0 Å². The molecule has 0 aliphatic heterocycles. The number of rotatable bonds is 3. The molecule has 1 aromatic rings. The molecule has 2 rings (SSSR count). The normalized spacial score (nSPS) is 23.0. The maximum atomic E-state index is 9.78. The first-order valence-corrected chi connectivity index (χ1v) is 6.87. The van der Waals surface area contributed by atoms with Gasteiger partial charge in [0.1, 0.15) is 0 Å². The van der Waals surface area contributed by atoms with E-state index in [-0.39, 0.29) is 6.42 Å². The molecule has 114 valence electrons. The van der Waals surface area contributed by atoms with Crippen LogP contribution in [-0.2, 0) is 9.47 Å². The Bertz CT molecular complexity index is 729. The Morgan fingerprint density at radius 2 is 1.43 bits per heavy atom. The van der Waals surface area contributed by atoms with E-state index >= 15 is 0 Å². The lowest BCUT2D eigenvalue weighted by Gasteiger charge is -2.37. The number of hydrogen-bond acceptors (Lipinski definition) is 6. The minimum absolute atomic E-state index is 0.0479. The van der Waals surface area contributed by atoms with Crippen molar-refractivity contribution in [2.24, 2.45) is 10.8 Å². The Hall–Kier alpha value is -2.90. The zero-order chi connectivity index (χ0) is 17.1. The van der Waals surface area contributed by atoms with Crippen molar-refractivity contribution in [1.82, 2.24) is 0 Å². The van der Waals surface area contributed by atoms with Crippen molar-refractivity contribution in [2.45, 2.75) is 18.1 Å². The van der Waals surface area contributed by atoms with Gasteiger partial charge in [-0.05, 0) is 5.56 Å². The topological polar surface area (TPSA) is 114 Å². The largest absolute Gasteiger partial charge is 0.351 e. The summed E-state index contributed by atoms with van der Waals surface area (Å²) in [6.07, 6.45) is 0.0479. The number of methoxy groups -OCH3 is 2. The molecule has 1 aliphatic rings. The van der Waals surface area contributed by atoms with Crippen molar-refractivity contribution >= 4 is 0 Å². The van der Waals surface area contributed by atoms with Crippen LogP contribution in [0.5, 0.6) is 0 Å². The molecule has 6 nitrogen and oxygen atoms in total. The van der Waals surface area contributed by atoms with Crippen molar-refractivity contribution in [3.05, 3.63) is 35.9 Å². The molecular weight excluding hydrogens is 292 g/mol. The zero-order valence-corrected chi connectivity index (χ0v) is 12.8. The Labute approximate surface area is 134 Å². The van der Waals surface area contributed by atoms with E-state index in [2.05, 4.69) is 0 Å². The maximum Gasteiger partial charge on any atom is 0.228 e. The van der Waals surface area contributed by atoms with Gasteiger partial charge in [-0.3, -0.25) is 0 Å². The summed E-state index contributed by atoms with van der Waals surface area (Å²) in [5.41, 5.74) is -3.31. The molecule has 0 aromatic heterocycles. The van der Waals surface area contributed by atoms with Gasteiger partial charge in [-0.1, -0.05) is 30.3 Å². The second-order valence-electron chi connectivity index (χ2n) is 5.33. The molecule has 0 bridgehead atoms. The van der Waals surface area contributed by atoms with Gasteiger partial charge >= 0.3 is 0 Å². The Balaban J connectivity index is 2.85. The summed E-state index contributed by atoms with van der Waals surface area (Å²) in [6.45, 7) is 0. The summed E-state index contributed by atoms with van der Waals surface area (Å²) < 4.78 is 10.8. The lowest BCUT2D eigenvalue weighted by Crippen LogP contribution is -2.52.